The minimum atomic E-state index is -0.431. The van der Waals surface area contributed by atoms with Gasteiger partial charge in [0.1, 0.15) is 5.82 Å². The minimum absolute atomic E-state index is 0.0258. The second-order valence-corrected chi connectivity index (χ2v) is 7.49. The SMILES string of the molecule is CC(CC(=O)N1CCC(NCC2CC2)CC1)C(=O)c1cccc(F)c1. The van der Waals surface area contributed by atoms with E-state index < -0.39 is 11.7 Å². The van der Waals surface area contributed by atoms with E-state index >= 15 is 0 Å². The Morgan fingerprint density at radius 3 is 2.60 bits per heavy atom. The van der Waals surface area contributed by atoms with Crippen LogP contribution in [-0.2, 0) is 4.79 Å². The first-order valence-electron chi connectivity index (χ1n) is 9.34. The van der Waals surface area contributed by atoms with Crippen molar-refractivity contribution >= 4 is 11.7 Å². The van der Waals surface area contributed by atoms with Gasteiger partial charge in [-0.2, -0.15) is 0 Å². The quantitative estimate of drug-likeness (QED) is 0.772. The molecule has 0 radical (unpaired) electrons. The van der Waals surface area contributed by atoms with Crippen molar-refractivity contribution in [2.45, 2.75) is 45.1 Å². The minimum Gasteiger partial charge on any atom is -0.343 e. The van der Waals surface area contributed by atoms with Gasteiger partial charge in [0.15, 0.2) is 5.78 Å². The first kappa shape index (κ1) is 18.1. The van der Waals surface area contributed by atoms with E-state index in [1.54, 1.807) is 13.0 Å². The first-order chi connectivity index (χ1) is 12.0. The zero-order chi connectivity index (χ0) is 17.8. The molecular weight excluding hydrogens is 319 g/mol. The first-order valence-corrected chi connectivity index (χ1v) is 9.34. The monoisotopic (exact) mass is 346 g/mol. The van der Waals surface area contributed by atoms with Gasteiger partial charge in [0, 0.05) is 37.0 Å². The van der Waals surface area contributed by atoms with Crippen molar-refractivity contribution in [1.29, 1.82) is 0 Å². The number of amides is 1. The summed E-state index contributed by atoms with van der Waals surface area (Å²) >= 11 is 0. The Hall–Kier alpha value is -1.75. The fraction of sp³-hybridized carbons (Fsp3) is 0.600. The van der Waals surface area contributed by atoms with Crippen LogP contribution in [-0.4, -0.2) is 42.3 Å². The van der Waals surface area contributed by atoms with Crippen molar-refractivity contribution < 1.29 is 14.0 Å². The number of carbonyl (C=O) groups is 2. The third-order valence-corrected chi connectivity index (χ3v) is 5.28. The fourth-order valence-corrected chi connectivity index (χ4v) is 3.40. The van der Waals surface area contributed by atoms with Crippen LogP contribution in [0.2, 0.25) is 0 Å². The lowest BCUT2D eigenvalue weighted by molar-refractivity contribution is -0.132. The molecule has 0 aromatic heterocycles. The predicted octanol–water partition coefficient (Wildman–Crippen LogP) is 3.03. The van der Waals surface area contributed by atoms with Crippen molar-refractivity contribution in [2.75, 3.05) is 19.6 Å². The molecule has 25 heavy (non-hydrogen) atoms. The van der Waals surface area contributed by atoms with E-state index in [2.05, 4.69) is 5.32 Å². The smallest absolute Gasteiger partial charge is 0.223 e. The summed E-state index contributed by atoms with van der Waals surface area (Å²) in [4.78, 5) is 26.7. The lowest BCUT2D eigenvalue weighted by atomic mass is 9.95. The highest BCUT2D eigenvalue weighted by atomic mass is 19.1. The van der Waals surface area contributed by atoms with Crippen LogP contribution in [0, 0.1) is 17.7 Å². The molecule has 136 valence electrons. The number of hydrogen-bond acceptors (Lipinski definition) is 3. The molecule has 0 spiro atoms. The summed E-state index contributed by atoms with van der Waals surface area (Å²) in [6, 6.07) is 6.19. The molecule has 2 fully saturated rings. The van der Waals surface area contributed by atoms with Gasteiger partial charge < -0.3 is 10.2 Å². The van der Waals surface area contributed by atoms with E-state index in [9.17, 15) is 14.0 Å². The molecule has 1 atom stereocenters. The van der Waals surface area contributed by atoms with Crippen LogP contribution in [0.5, 0.6) is 0 Å². The largest absolute Gasteiger partial charge is 0.343 e. The summed E-state index contributed by atoms with van der Waals surface area (Å²) in [5, 5.41) is 3.60. The molecule has 0 bridgehead atoms. The Morgan fingerprint density at radius 2 is 1.96 bits per heavy atom. The number of ketones is 1. The third kappa shape index (κ3) is 5.11. The van der Waals surface area contributed by atoms with Gasteiger partial charge in [-0.15, -0.1) is 0 Å². The molecule has 1 N–H and O–H groups in total. The van der Waals surface area contributed by atoms with Crippen molar-refractivity contribution in [3.63, 3.8) is 0 Å². The van der Waals surface area contributed by atoms with E-state index in [4.69, 9.17) is 0 Å². The Labute approximate surface area is 148 Å². The molecule has 2 aliphatic rings. The van der Waals surface area contributed by atoms with Gasteiger partial charge in [0.05, 0.1) is 0 Å². The zero-order valence-electron chi connectivity index (χ0n) is 14.8. The maximum absolute atomic E-state index is 13.3. The van der Waals surface area contributed by atoms with Crippen LogP contribution in [0.25, 0.3) is 0 Å². The molecule has 1 aliphatic heterocycles. The van der Waals surface area contributed by atoms with Gasteiger partial charge in [-0.3, -0.25) is 9.59 Å². The lowest BCUT2D eigenvalue weighted by Gasteiger charge is -2.33. The van der Waals surface area contributed by atoms with E-state index in [1.165, 1.54) is 31.0 Å². The highest BCUT2D eigenvalue weighted by Gasteiger charge is 2.27. The van der Waals surface area contributed by atoms with Gasteiger partial charge in [0.25, 0.3) is 0 Å². The van der Waals surface area contributed by atoms with Crippen molar-refractivity contribution in [3.8, 4) is 0 Å². The van der Waals surface area contributed by atoms with Gasteiger partial charge in [-0.05, 0) is 50.3 Å². The summed E-state index contributed by atoms with van der Waals surface area (Å²) in [7, 11) is 0. The van der Waals surface area contributed by atoms with E-state index in [1.807, 2.05) is 4.90 Å². The number of carbonyl (C=O) groups excluding carboxylic acids is 2. The molecule has 1 aromatic carbocycles. The Morgan fingerprint density at radius 1 is 1.24 bits per heavy atom. The van der Waals surface area contributed by atoms with Gasteiger partial charge in [-0.25, -0.2) is 4.39 Å². The highest BCUT2D eigenvalue weighted by Crippen LogP contribution is 2.28. The Balaban J connectivity index is 1.44. The highest BCUT2D eigenvalue weighted by molar-refractivity contribution is 5.99. The maximum atomic E-state index is 13.3. The number of rotatable bonds is 7. The summed E-state index contributed by atoms with van der Waals surface area (Å²) in [6.07, 6.45) is 4.84. The molecule has 1 unspecified atom stereocenters. The summed E-state index contributed by atoms with van der Waals surface area (Å²) in [5.41, 5.74) is 0.336. The number of piperidine rings is 1. The topological polar surface area (TPSA) is 49.4 Å². The molecule has 5 heteroatoms. The molecule has 1 aromatic rings. The average Bonchev–Trinajstić information content (AvgIpc) is 3.44. The lowest BCUT2D eigenvalue weighted by Crippen LogP contribution is -2.45. The molecule has 1 aliphatic carbocycles. The standard InChI is InChI=1S/C20H27FN2O2/c1-14(20(25)16-3-2-4-17(21)12-16)11-19(24)23-9-7-18(8-10-23)22-13-15-5-6-15/h2-4,12,14-15,18,22H,5-11,13H2,1H3. The van der Waals surface area contributed by atoms with Crippen LogP contribution in [0.3, 0.4) is 0 Å². The summed E-state index contributed by atoms with van der Waals surface area (Å²) in [5.74, 6) is -0.133. The molecule has 1 heterocycles. The van der Waals surface area contributed by atoms with E-state index in [-0.39, 0.29) is 18.1 Å². The van der Waals surface area contributed by atoms with Crippen LogP contribution in [0.4, 0.5) is 4.39 Å². The van der Waals surface area contributed by atoms with Crippen LogP contribution < -0.4 is 5.32 Å². The van der Waals surface area contributed by atoms with Gasteiger partial charge in [-0.1, -0.05) is 19.1 Å². The van der Waals surface area contributed by atoms with E-state index in [0.29, 0.717) is 11.6 Å². The van der Waals surface area contributed by atoms with Crippen molar-refractivity contribution in [3.05, 3.63) is 35.6 Å². The third-order valence-electron chi connectivity index (χ3n) is 5.28. The molecule has 1 saturated heterocycles. The van der Waals surface area contributed by atoms with Crippen molar-refractivity contribution in [2.24, 2.45) is 11.8 Å². The average molecular weight is 346 g/mol. The second-order valence-electron chi connectivity index (χ2n) is 7.49. The van der Waals surface area contributed by atoms with Crippen molar-refractivity contribution in [1.82, 2.24) is 10.2 Å². The Bertz CT molecular complexity index is 622. The molecule has 1 amide bonds. The second kappa shape index (κ2) is 8.09. The molecule has 4 nitrogen and oxygen atoms in total. The number of nitrogens with one attached hydrogen (secondary N) is 1. The number of hydrogen-bond donors (Lipinski definition) is 1. The van der Waals surface area contributed by atoms with Crippen LogP contribution >= 0.6 is 0 Å². The summed E-state index contributed by atoms with van der Waals surface area (Å²) < 4.78 is 13.3. The maximum Gasteiger partial charge on any atom is 0.223 e. The molecular formula is C20H27FN2O2. The molecule has 1 saturated carbocycles. The number of Topliss-reactive ketones (excluding diaryl/α,β-unsaturated/α-hetero) is 1. The Kier molecular flexibility index (Phi) is 5.84. The van der Waals surface area contributed by atoms with E-state index in [0.717, 1.165) is 38.4 Å². The van der Waals surface area contributed by atoms with Gasteiger partial charge >= 0.3 is 0 Å². The number of halogens is 1. The van der Waals surface area contributed by atoms with Gasteiger partial charge in [0.2, 0.25) is 5.91 Å². The zero-order valence-corrected chi connectivity index (χ0v) is 14.8. The molecule has 3 rings (SSSR count). The number of likely N-dealkylation sites (tertiary alicyclic amines) is 1. The summed E-state index contributed by atoms with van der Waals surface area (Å²) in [6.45, 7) is 4.36. The number of nitrogens with zero attached hydrogens (tertiary/aromatic N) is 1. The van der Waals surface area contributed by atoms with Crippen LogP contribution in [0.15, 0.2) is 24.3 Å². The fourth-order valence-electron chi connectivity index (χ4n) is 3.40. The predicted molar refractivity (Wildman–Crippen MR) is 94.8 cm³/mol. The number of benzene rings is 1. The normalized spacial score (nSPS) is 19.7. The van der Waals surface area contributed by atoms with Crippen LogP contribution in [0.1, 0.15) is 49.4 Å².